The highest BCUT2D eigenvalue weighted by molar-refractivity contribution is 5.82. The van der Waals surface area contributed by atoms with Crippen LogP contribution in [0.4, 0.5) is 5.82 Å². The molecule has 2 aliphatic rings. The lowest BCUT2D eigenvalue weighted by Crippen LogP contribution is -2.30. The van der Waals surface area contributed by atoms with Gasteiger partial charge < -0.3 is 25.4 Å². The number of imidazole rings is 1. The maximum absolute atomic E-state index is 10.2. The molecule has 9 nitrogen and oxygen atoms in total. The lowest BCUT2D eigenvalue weighted by atomic mass is 10.1. The smallest absolute Gasteiger partial charge is 0.167 e. The summed E-state index contributed by atoms with van der Waals surface area (Å²) >= 11 is 0. The molecule has 0 unspecified atom stereocenters. The first-order chi connectivity index (χ1) is 12.1. The summed E-state index contributed by atoms with van der Waals surface area (Å²) in [6, 6.07) is -0.0794. The zero-order valence-electron chi connectivity index (χ0n) is 13.4. The van der Waals surface area contributed by atoms with E-state index in [0.29, 0.717) is 17.0 Å². The predicted octanol–water partition coefficient (Wildman–Crippen LogP) is -0.596. The third-order valence-electron chi connectivity index (χ3n) is 4.84. The van der Waals surface area contributed by atoms with Crippen LogP contribution < -0.4 is 5.32 Å². The van der Waals surface area contributed by atoms with Gasteiger partial charge in [-0.3, -0.25) is 4.57 Å². The molecule has 2 aromatic heterocycles. The molecule has 0 aromatic carbocycles. The van der Waals surface area contributed by atoms with Gasteiger partial charge in [0.05, 0.1) is 18.5 Å². The molecule has 0 spiro atoms. The van der Waals surface area contributed by atoms with E-state index in [2.05, 4.69) is 26.2 Å². The van der Waals surface area contributed by atoms with Crippen molar-refractivity contribution in [1.82, 2.24) is 19.5 Å². The van der Waals surface area contributed by atoms with Gasteiger partial charge in [-0.05, 0) is 19.3 Å². The average molecular weight is 345 g/mol. The van der Waals surface area contributed by atoms with Crippen LogP contribution in [0.2, 0.25) is 0 Å². The minimum absolute atomic E-state index is 0.0794. The highest BCUT2D eigenvalue weighted by atomic mass is 16.6. The number of aliphatic hydroxyl groups is 3. The lowest BCUT2D eigenvalue weighted by Gasteiger charge is -2.18. The number of anilines is 1. The van der Waals surface area contributed by atoms with Gasteiger partial charge >= 0.3 is 0 Å². The van der Waals surface area contributed by atoms with Crippen molar-refractivity contribution in [1.29, 1.82) is 0 Å². The van der Waals surface area contributed by atoms with E-state index in [1.54, 1.807) is 0 Å². The Labute approximate surface area is 143 Å². The van der Waals surface area contributed by atoms with Gasteiger partial charge in [-0.25, -0.2) is 15.0 Å². The normalized spacial score (nSPS) is 35.1. The van der Waals surface area contributed by atoms with Crippen LogP contribution in [0, 0.1) is 12.3 Å². The summed E-state index contributed by atoms with van der Waals surface area (Å²) in [7, 11) is 0. The highest BCUT2D eigenvalue weighted by Gasteiger charge is 2.43. The average Bonchev–Trinajstić information content (AvgIpc) is 3.29. The Morgan fingerprint density at radius 2 is 2.04 bits per heavy atom. The number of nitrogens with one attached hydrogen (secondary N) is 1. The van der Waals surface area contributed by atoms with E-state index in [0.717, 1.165) is 19.3 Å². The molecule has 0 amide bonds. The first-order valence-corrected chi connectivity index (χ1v) is 8.20. The fourth-order valence-corrected chi connectivity index (χ4v) is 3.46. The molecule has 1 saturated heterocycles. The quantitative estimate of drug-likeness (QED) is 0.544. The minimum atomic E-state index is -1.19. The van der Waals surface area contributed by atoms with Gasteiger partial charge in [0, 0.05) is 0 Å². The predicted molar refractivity (Wildman–Crippen MR) is 87.3 cm³/mol. The second kappa shape index (κ2) is 6.24. The zero-order chi connectivity index (χ0) is 17.6. The largest absolute Gasteiger partial charge is 0.391 e. The van der Waals surface area contributed by atoms with E-state index in [-0.39, 0.29) is 6.04 Å². The van der Waals surface area contributed by atoms with Gasteiger partial charge in [-0.2, -0.15) is 0 Å². The number of ether oxygens (including phenoxy) is 1. The Balaban J connectivity index is 1.66. The fourth-order valence-electron chi connectivity index (χ4n) is 3.46. The Morgan fingerprint density at radius 3 is 2.72 bits per heavy atom. The van der Waals surface area contributed by atoms with Gasteiger partial charge in [0.1, 0.15) is 24.6 Å². The molecule has 0 radical (unpaired) electrons. The molecule has 2 fully saturated rings. The van der Waals surface area contributed by atoms with Crippen molar-refractivity contribution < 1.29 is 20.1 Å². The van der Waals surface area contributed by atoms with Gasteiger partial charge in [-0.1, -0.05) is 5.92 Å². The van der Waals surface area contributed by atoms with Crippen LogP contribution in [-0.4, -0.2) is 65.3 Å². The third-order valence-corrected chi connectivity index (χ3v) is 4.84. The summed E-state index contributed by atoms with van der Waals surface area (Å²) in [5.74, 6) is 2.82. The van der Waals surface area contributed by atoms with Crippen molar-refractivity contribution in [2.24, 2.45) is 0 Å². The summed E-state index contributed by atoms with van der Waals surface area (Å²) in [6.45, 7) is 0. The number of hydrogen-bond donors (Lipinski definition) is 4. The minimum Gasteiger partial charge on any atom is -0.391 e. The molecule has 132 valence electrons. The maximum atomic E-state index is 10.2. The van der Waals surface area contributed by atoms with E-state index in [1.165, 1.54) is 17.2 Å². The Kier molecular flexibility index (Phi) is 4.05. The highest BCUT2D eigenvalue weighted by Crippen LogP contribution is 2.32. The molecule has 1 saturated carbocycles. The topological polar surface area (TPSA) is 126 Å². The molecule has 1 aliphatic heterocycles. The van der Waals surface area contributed by atoms with Crippen LogP contribution in [0.1, 0.15) is 25.5 Å². The summed E-state index contributed by atoms with van der Waals surface area (Å²) in [6.07, 6.45) is 6.15. The number of nitrogens with zero attached hydrogens (tertiary/aromatic N) is 4. The van der Waals surface area contributed by atoms with Crippen molar-refractivity contribution in [3.63, 3.8) is 0 Å². The Bertz CT molecular complexity index is 818. The number of fused-ring (bicyclic) bond motifs is 1. The number of aliphatic hydroxyl groups excluding tert-OH is 3. The Morgan fingerprint density at radius 1 is 1.20 bits per heavy atom. The molecule has 2 aromatic rings. The molecule has 1 aliphatic carbocycles. The molecular weight excluding hydrogens is 326 g/mol. The van der Waals surface area contributed by atoms with Gasteiger partial charge in [0.15, 0.2) is 23.2 Å². The third kappa shape index (κ3) is 2.63. The van der Waals surface area contributed by atoms with Gasteiger partial charge in [-0.15, -0.1) is 6.42 Å². The van der Waals surface area contributed by atoms with Crippen LogP contribution in [0.5, 0.6) is 0 Å². The molecular formula is C16H19N5O4. The first-order valence-electron chi connectivity index (χ1n) is 8.20. The lowest BCUT2D eigenvalue weighted by molar-refractivity contribution is -0.0230. The van der Waals surface area contributed by atoms with E-state index in [1.807, 2.05) is 0 Å². The fraction of sp³-hybridized carbons (Fsp3) is 0.562. The molecule has 25 heavy (non-hydrogen) atoms. The second-order valence-electron chi connectivity index (χ2n) is 6.39. The standard InChI is InChI=1S/C16H19N5O4/c1-2-10-12(23)13(24)16(25-10)21-7-19-11-14(17-6-18-15(11)21)20-8-4-3-5-9(8)22/h1,6-10,12-13,16,22-24H,3-5H2,(H,17,18,20)/t8-,9-,10+,12+,13+,16+/m0/s1. The molecule has 6 atom stereocenters. The number of rotatable bonds is 3. The van der Waals surface area contributed by atoms with E-state index >= 15 is 0 Å². The van der Waals surface area contributed by atoms with E-state index in [9.17, 15) is 15.3 Å². The van der Waals surface area contributed by atoms with Crippen LogP contribution >= 0.6 is 0 Å². The van der Waals surface area contributed by atoms with Crippen LogP contribution in [0.3, 0.4) is 0 Å². The van der Waals surface area contributed by atoms with Crippen LogP contribution in [0.25, 0.3) is 11.2 Å². The van der Waals surface area contributed by atoms with E-state index < -0.39 is 30.6 Å². The number of aromatic nitrogens is 4. The van der Waals surface area contributed by atoms with Crippen LogP contribution in [-0.2, 0) is 4.74 Å². The van der Waals surface area contributed by atoms with Crippen molar-refractivity contribution in [3.8, 4) is 12.3 Å². The summed E-state index contributed by atoms with van der Waals surface area (Å²) in [5.41, 5.74) is 0.940. The number of hydrogen-bond acceptors (Lipinski definition) is 8. The SMILES string of the molecule is C#C[C@H]1O[C@@H](n2cnc3c(N[C@H]4CCC[C@@H]4O)ncnc32)[C@H](O)[C@@H]1O. The zero-order valence-corrected chi connectivity index (χ0v) is 13.4. The van der Waals surface area contributed by atoms with Crippen molar-refractivity contribution in [3.05, 3.63) is 12.7 Å². The first kappa shape index (κ1) is 16.2. The second-order valence-corrected chi connectivity index (χ2v) is 6.39. The molecule has 4 N–H and O–H groups in total. The van der Waals surface area contributed by atoms with Crippen molar-refractivity contribution >= 4 is 17.0 Å². The summed E-state index contributed by atoms with van der Waals surface area (Å²) in [4.78, 5) is 12.7. The van der Waals surface area contributed by atoms with E-state index in [4.69, 9.17) is 11.2 Å². The monoisotopic (exact) mass is 345 g/mol. The maximum Gasteiger partial charge on any atom is 0.167 e. The van der Waals surface area contributed by atoms with Crippen molar-refractivity contribution in [2.75, 3.05) is 5.32 Å². The number of terminal acetylenes is 1. The van der Waals surface area contributed by atoms with Gasteiger partial charge in [0.2, 0.25) is 0 Å². The van der Waals surface area contributed by atoms with Crippen molar-refractivity contribution in [2.45, 2.75) is 55.9 Å². The molecule has 4 rings (SSSR count). The summed E-state index contributed by atoms with van der Waals surface area (Å²) < 4.78 is 7.07. The van der Waals surface area contributed by atoms with Gasteiger partial charge in [0.25, 0.3) is 0 Å². The van der Waals surface area contributed by atoms with Crippen LogP contribution in [0.15, 0.2) is 12.7 Å². The Hall–Kier alpha value is -2.25. The summed E-state index contributed by atoms with van der Waals surface area (Å²) in [5, 5.41) is 33.4. The molecule has 0 bridgehead atoms. The molecule has 9 heteroatoms. The molecule has 3 heterocycles.